The van der Waals surface area contributed by atoms with Crippen molar-refractivity contribution in [2.45, 2.75) is 0 Å². The molecule has 0 saturated carbocycles. The van der Waals surface area contributed by atoms with Gasteiger partial charge in [-0.05, 0) is 33.7 Å². The third kappa shape index (κ3) is 3.21. The Bertz CT molecular complexity index is 1020. The summed E-state index contributed by atoms with van der Waals surface area (Å²) in [5, 5.41) is 18.2. The lowest BCUT2D eigenvalue weighted by Gasteiger charge is -2.15. The fraction of sp³-hybridized carbons (Fsp3) is 0. The second-order valence-electron chi connectivity index (χ2n) is 5.74. The van der Waals surface area contributed by atoms with Crippen molar-refractivity contribution in [3.8, 4) is 11.1 Å². The van der Waals surface area contributed by atoms with Gasteiger partial charge in [-0.15, -0.1) is 10.1 Å². The molecule has 26 heavy (non-hydrogen) atoms. The Kier molecular flexibility index (Phi) is 4.57. The summed E-state index contributed by atoms with van der Waals surface area (Å²) in [5.41, 5.74) is 16.2. The number of rotatable bonds is 1. The van der Waals surface area contributed by atoms with Gasteiger partial charge in [-0.2, -0.15) is 0 Å². The third-order valence-electron chi connectivity index (χ3n) is 4.17. The Morgan fingerprint density at radius 3 is 1.42 bits per heavy atom. The molecule has 0 spiro atoms. The van der Waals surface area contributed by atoms with Crippen LogP contribution in [0.3, 0.4) is 0 Å². The fourth-order valence-electron chi connectivity index (χ4n) is 3.13. The van der Waals surface area contributed by atoms with Crippen LogP contribution < -0.4 is 11.5 Å². The summed E-state index contributed by atoms with van der Waals surface area (Å²) < 4.78 is 0. The monoisotopic (exact) mass is 347 g/mol. The smallest absolute Gasteiger partial charge is 0.291 e. The Morgan fingerprint density at radius 2 is 1.04 bits per heavy atom. The minimum Gasteiger partial charge on any atom is -0.398 e. The molecule has 0 aliphatic heterocycles. The molecule has 0 unspecified atom stereocenters. The van der Waals surface area contributed by atoms with Gasteiger partial charge in [-0.25, -0.2) is 0 Å². The first kappa shape index (κ1) is 17.0. The quantitative estimate of drug-likeness (QED) is 0.267. The van der Waals surface area contributed by atoms with Crippen molar-refractivity contribution in [2.75, 3.05) is 11.5 Å². The van der Waals surface area contributed by atoms with Crippen molar-refractivity contribution >= 4 is 32.9 Å². The van der Waals surface area contributed by atoms with Gasteiger partial charge in [0.25, 0.3) is 5.09 Å². The molecule has 0 fully saturated rings. The Hall–Kier alpha value is -3.80. The molecule has 4 aromatic rings. The molecule has 0 atom stereocenters. The van der Waals surface area contributed by atoms with Crippen LogP contribution >= 0.6 is 0 Å². The van der Waals surface area contributed by atoms with Crippen LogP contribution in [0.2, 0.25) is 0 Å². The van der Waals surface area contributed by atoms with Crippen molar-refractivity contribution in [3.63, 3.8) is 0 Å². The molecule has 0 aromatic heterocycles. The summed E-state index contributed by atoms with van der Waals surface area (Å²) in [6.45, 7) is 0. The molecule has 0 amide bonds. The molecule has 0 aliphatic rings. The highest BCUT2D eigenvalue weighted by atomic mass is 16.9. The Labute approximate surface area is 149 Å². The first-order chi connectivity index (χ1) is 12.5. The molecule has 6 heteroatoms. The van der Waals surface area contributed by atoms with E-state index in [1.165, 1.54) is 10.8 Å². The molecule has 4 rings (SSSR count). The molecule has 0 aliphatic carbocycles. The summed E-state index contributed by atoms with van der Waals surface area (Å²) in [7, 11) is 0. The van der Waals surface area contributed by atoms with Crippen LogP contribution in [0, 0.1) is 10.1 Å². The molecule has 5 N–H and O–H groups in total. The highest BCUT2D eigenvalue weighted by Crippen LogP contribution is 2.41. The average Bonchev–Trinajstić information content (AvgIpc) is 2.62. The highest BCUT2D eigenvalue weighted by Gasteiger charge is 2.14. The van der Waals surface area contributed by atoms with E-state index in [4.69, 9.17) is 26.8 Å². The van der Waals surface area contributed by atoms with Crippen LogP contribution in [0.4, 0.5) is 11.4 Å². The van der Waals surface area contributed by atoms with Crippen molar-refractivity contribution in [3.05, 3.63) is 82.9 Å². The number of benzene rings is 4. The van der Waals surface area contributed by atoms with E-state index in [2.05, 4.69) is 36.4 Å². The van der Waals surface area contributed by atoms with Gasteiger partial charge in [0.2, 0.25) is 0 Å². The first-order valence-corrected chi connectivity index (χ1v) is 7.87. The number of anilines is 2. The maximum Gasteiger partial charge on any atom is 0.291 e. The molecule has 0 radical (unpaired) electrons. The summed E-state index contributed by atoms with van der Waals surface area (Å²) >= 11 is 0. The zero-order valence-corrected chi connectivity index (χ0v) is 13.8. The summed E-state index contributed by atoms with van der Waals surface area (Å²) in [5.74, 6) is 0. The maximum absolute atomic E-state index is 8.36. The van der Waals surface area contributed by atoms with Gasteiger partial charge in [0.05, 0.1) is 0 Å². The lowest BCUT2D eigenvalue weighted by Crippen LogP contribution is -1.96. The summed E-state index contributed by atoms with van der Waals surface area (Å²) in [4.78, 5) is 8.36. The first-order valence-electron chi connectivity index (χ1n) is 7.87. The number of nitrogens with zero attached hydrogens (tertiary/aromatic N) is 1. The zero-order chi connectivity index (χ0) is 18.7. The van der Waals surface area contributed by atoms with E-state index in [-0.39, 0.29) is 0 Å². The van der Waals surface area contributed by atoms with Crippen LogP contribution in [-0.2, 0) is 0 Å². The predicted octanol–water partition coefficient (Wildman–Crippen LogP) is 4.48. The number of fused-ring (bicyclic) bond motifs is 2. The van der Waals surface area contributed by atoms with E-state index < -0.39 is 5.09 Å². The molecule has 0 heterocycles. The predicted molar refractivity (Wildman–Crippen MR) is 104 cm³/mol. The molecule has 4 aromatic carbocycles. The second-order valence-corrected chi connectivity index (χ2v) is 5.74. The minimum absolute atomic E-state index is 0.752. The average molecular weight is 347 g/mol. The van der Waals surface area contributed by atoms with Crippen molar-refractivity contribution in [1.82, 2.24) is 0 Å². The second kappa shape index (κ2) is 6.98. The van der Waals surface area contributed by atoms with Crippen LogP contribution in [0.15, 0.2) is 72.8 Å². The molecule has 0 bridgehead atoms. The van der Waals surface area contributed by atoms with Gasteiger partial charge in [-0.1, -0.05) is 60.7 Å². The summed E-state index contributed by atoms with van der Waals surface area (Å²) in [6, 6.07) is 24.6. The van der Waals surface area contributed by atoms with Gasteiger partial charge in [0, 0.05) is 22.5 Å². The summed E-state index contributed by atoms with van der Waals surface area (Å²) in [6.07, 6.45) is 0. The van der Waals surface area contributed by atoms with E-state index in [1.807, 2.05) is 36.4 Å². The molecular weight excluding hydrogens is 330 g/mol. The van der Waals surface area contributed by atoms with Gasteiger partial charge in [-0.3, -0.25) is 0 Å². The van der Waals surface area contributed by atoms with Crippen molar-refractivity contribution < 1.29 is 10.3 Å². The van der Waals surface area contributed by atoms with Gasteiger partial charge < -0.3 is 16.7 Å². The van der Waals surface area contributed by atoms with Crippen LogP contribution in [0.1, 0.15) is 0 Å². The number of nitrogen functional groups attached to an aromatic ring is 2. The number of nitrogens with two attached hydrogens (primary N) is 2. The van der Waals surface area contributed by atoms with Gasteiger partial charge in [0.1, 0.15) is 0 Å². The molecular formula is C20H17N3O3. The van der Waals surface area contributed by atoms with Crippen molar-refractivity contribution in [2.24, 2.45) is 0 Å². The van der Waals surface area contributed by atoms with Crippen molar-refractivity contribution in [1.29, 1.82) is 0 Å². The topological polar surface area (TPSA) is 115 Å². The lowest BCUT2D eigenvalue weighted by molar-refractivity contribution is -0.742. The normalized spacial score (nSPS) is 10.3. The largest absolute Gasteiger partial charge is 0.398 e. The molecule has 0 saturated heterocycles. The Morgan fingerprint density at radius 1 is 0.692 bits per heavy atom. The number of hydrogen-bond donors (Lipinski definition) is 3. The zero-order valence-electron chi connectivity index (χ0n) is 13.8. The van der Waals surface area contributed by atoms with E-state index >= 15 is 0 Å². The Balaban J connectivity index is 0.000000447. The minimum atomic E-state index is -1.50. The van der Waals surface area contributed by atoms with Crippen LogP contribution in [0.5, 0.6) is 0 Å². The number of hydrogen-bond acceptors (Lipinski definition) is 4. The van der Waals surface area contributed by atoms with E-state index in [0.29, 0.717) is 0 Å². The van der Waals surface area contributed by atoms with Crippen LogP contribution in [0.25, 0.3) is 32.7 Å². The SMILES string of the molecule is Nc1ccc2ccccc2c1-c1c(N)ccc2ccccc12.O=[N+]([O-])O. The third-order valence-corrected chi connectivity index (χ3v) is 4.17. The standard InChI is InChI=1S/C20H16N2.HNO3/c21-17-11-9-13-5-1-3-7-15(13)19(17)20-16-8-4-2-6-14(16)10-12-18(20)22;2-1(3)4/h1-12H,21-22H2;(H,2,3,4). The fourth-order valence-corrected chi connectivity index (χ4v) is 3.13. The van der Waals surface area contributed by atoms with E-state index in [1.54, 1.807) is 0 Å². The highest BCUT2D eigenvalue weighted by molar-refractivity contribution is 6.12. The van der Waals surface area contributed by atoms with Crippen LogP contribution in [-0.4, -0.2) is 10.3 Å². The lowest BCUT2D eigenvalue weighted by atomic mass is 9.91. The molecule has 130 valence electrons. The van der Waals surface area contributed by atoms with Gasteiger partial charge in [0.15, 0.2) is 0 Å². The van der Waals surface area contributed by atoms with E-state index in [0.717, 1.165) is 33.3 Å². The maximum atomic E-state index is 8.36. The van der Waals surface area contributed by atoms with Gasteiger partial charge >= 0.3 is 0 Å². The molecule has 6 nitrogen and oxygen atoms in total. The van der Waals surface area contributed by atoms with E-state index in [9.17, 15) is 0 Å².